The minimum atomic E-state index is -0.213. The number of hydrogen-bond acceptors (Lipinski definition) is 4. The maximum Gasteiger partial charge on any atom is 0.178 e. The largest absolute Gasteiger partial charge is 0.489 e. The minimum absolute atomic E-state index is 0.0785. The zero-order chi connectivity index (χ0) is 13.3. The lowest BCUT2D eigenvalue weighted by molar-refractivity contribution is 0.100. The zero-order valence-corrected chi connectivity index (χ0v) is 11.2. The molecular formula is C13H16ClNO3. The van der Waals surface area contributed by atoms with E-state index in [1.54, 1.807) is 12.1 Å². The van der Waals surface area contributed by atoms with Crippen LogP contribution in [0.25, 0.3) is 0 Å². The van der Waals surface area contributed by atoms with Crippen molar-refractivity contribution in [1.82, 2.24) is 0 Å². The van der Waals surface area contributed by atoms with Gasteiger partial charge in [0, 0.05) is 17.0 Å². The Hall–Kier alpha value is -1.26. The summed E-state index contributed by atoms with van der Waals surface area (Å²) < 4.78 is 11.3. The van der Waals surface area contributed by atoms with Crippen molar-refractivity contribution in [1.29, 1.82) is 0 Å². The Morgan fingerprint density at radius 2 is 1.89 bits per heavy atom. The van der Waals surface area contributed by atoms with E-state index in [1.165, 1.54) is 0 Å². The van der Waals surface area contributed by atoms with Crippen LogP contribution in [0.3, 0.4) is 0 Å². The van der Waals surface area contributed by atoms with Crippen LogP contribution >= 0.6 is 11.6 Å². The monoisotopic (exact) mass is 269 g/mol. The Balaban J connectivity index is 2.39. The summed E-state index contributed by atoms with van der Waals surface area (Å²) in [5.74, 6) is 0.899. The summed E-state index contributed by atoms with van der Waals surface area (Å²) in [5.41, 5.74) is 5.64. The number of halogens is 1. The van der Waals surface area contributed by atoms with Gasteiger partial charge in [0.05, 0.1) is 24.8 Å². The van der Waals surface area contributed by atoms with Crippen molar-refractivity contribution in [3.05, 3.63) is 22.7 Å². The fraction of sp³-hybridized carbons (Fsp3) is 0.462. The predicted octanol–water partition coefficient (Wildman–Crippen LogP) is 2.28. The summed E-state index contributed by atoms with van der Waals surface area (Å²) in [5, 5.41) is 0.340. The molecule has 0 aromatic heterocycles. The van der Waals surface area contributed by atoms with Crippen molar-refractivity contribution in [3.63, 3.8) is 0 Å². The number of nitrogens with two attached hydrogens (primary N) is 1. The molecule has 1 aromatic carbocycles. The summed E-state index contributed by atoms with van der Waals surface area (Å²) in [4.78, 5) is 11.6. The molecule has 0 bridgehead atoms. The molecule has 4 nitrogen and oxygen atoms in total. The molecule has 1 aromatic rings. The topological polar surface area (TPSA) is 61.5 Å². The molecule has 5 heteroatoms. The lowest BCUT2D eigenvalue weighted by Gasteiger charge is -2.19. The molecular weight excluding hydrogens is 254 g/mol. The van der Waals surface area contributed by atoms with Crippen molar-refractivity contribution < 1.29 is 14.3 Å². The van der Waals surface area contributed by atoms with Crippen LogP contribution in [-0.2, 0) is 0 Å². The lowest BCUT2D eigenvalue weighted by atomic mass is 9.97. The van der Waals surface area contributed by atoms with Gasteiger partial charge in [-0.05, 0) is 6.07 Å². The number of hydrogen-bond donors (Lipinski definition) is 1. The van der Waals surface area contributed by atoms with Gasteiger partial charge in [-0.25, -0.2) is 0 Å². The summed E-state index contributed by atoms with van der Waals surface area (Å²) in [6.45, 7) is 5.09. The van der Waals surface area contributed by atoms with Gasteiger partial charge in [0.1, 0.15) is 0 Å². The van der Waals surface area contributed by atoms with Crippen LogP contribution in [0.15, 0.2) is 12.1 Å². The molecule has 0 aliphatic carbocycles. The van der Waals surface area contributed by atoms with Gasteiger partial charge in [0.15, 0.2) is 17.3 Å². The molecule has 0 saturated carbocycles. The second-order valence-electron chi connectivity index (χ2n) is 5.15. The number of rotatable bonds is 2. The summed E-state index contributed by atoms with van der Waals surface area (Å²) in [6, 6.07) is 3.22. The number of benzene rings is 1. The van der Waals surface area contributed by atoms with Crippen LogP contribution in [0.1, 0.15) is 24.2 Å². The van der Waals surface area contributed by atoms with Gasteiger partial charge in [0.2, 0.25) is 0 Å². The number of Topliss-reactive ketones (excluding diaryl/α,β-unsaturated/α-hetero) is 1. The van der Waals surface area contributed by atoms with Gasteiger partial charge in [-0.15, -0.1) is 0 Å². The molecule has 98 valence electrons. The Bertz CT molecular complexity index is 485. The average Bonchev–Trinajstić information content (AvgIpc) is 2.47. The highest BCUT2D eigenvalue weighted by atomic mass is 35.5. The van der Waals surface area contributed by atoms with E-state index in [4.69, 9.17) is 26.8 Å². The molecule has 1 aliphatic heterocycles. The minimum Gasteiger partial charge on any atom is -0.489 e. The summed E-state index contributed by atoms with van der Waals surface area (Å²) >= 11 is 6.05. The van der Waals surface area contributed by atoms with E-state index in [-0.39, 0.29) is 17.7 Å². The normalized spacial score (nSPS) is 17.1. The van der Waals surface area contributed by atoms with Crippen LogP contribution in [0.5, 0.6) is 11.5 Å². The lowest BCUT2D eigenvalue weighted by Crippen LogP contribution is -2.26. The fourth-order valence-corrected chi connectivity index (χ4v) is 1.93. The second kappa shape index (κ2) is 4.78. The maximum atomic E-state index is 11.6. The Morgan fingerprint density at radius 1 is 1.33 bits per heavy atom. The van der Waals surface area contributed by atoms with E-state index < -0.39 is 0 Å². The zero-order valence-electron chi connectivity index (χ0n) is 10.5. The van der Waals surface area contributed by atoms with Crippen LogP contribution in [0.2, 0.25) is 5.02 Å². The average molecular weight is 270 g/mol. The smallest absolute Gasteiger partial charge is 0.178 e. The molecule has 0 fully saturated rings. The SMILES string of the molecule is CC1(C)COc2cc(Cl)c(C(=O)CN)cc2OC1. The van der Waals surface area contributed by atoms with Crippen molar-refractivity contribution in [2.24, 2.45) is 11.1 Å². The van der Waals surface area contributed by atoms with Gasteiger partial charge in [0.25, 0.3) is 0 Å². The molecule has 2 N–H and O–H groups in total. The predicted molar refractivity (Wildman–Crippen MR) is 69.6 cm³/mol. The Morgan fingerprint density at radius 3 is 2.44 bits per heavy atom. The van der Waals surface area contributed by atoms with Gasteiger partial charge >= 0.3 is 0 Å². The first kappa shape index (κ1) is 13.2. The third kappa shape index (κ3) is 2.60. The molecule has 0 unspecified atom stereocenters. The van der Waals surface area contributed by atoms with Crippen molar-refractivity contribution >= 4 is 17.4 Å². The summed E-state index contributed by atoms with van der Waals surface area (Å²) in [7, 11) is 0. The molecule has 2 rings (SSSR count). The highest BCUT2D eigenvalue weighted by Gasteiger charge is 2.26. The van der Waals surface area contributed by atoms with Crippen LogP contribution < -0.4 is 15.2 Å². The third-order valence-electron chi connectivity index (χ3n) is 2.76. The Kier molecular flexibility index (Phi) is 3.50. The van der Waals surface area contributed by atoms with Crippen molar-refractivity contribution in [2.45, 2.75) is 13.8 Å². The number of ketones is 1. The Labute approximate surface area is 111 Å². The highest BCUT2D eigenvalue weighted by molar-refractivity contribution is 6.34. The van der Waals surface area contributed by atoms with Gasteiger partial charge < -0.3 is 15.2 Å². The van der Waals surface area contributed by atoms with E-state index in [0.717, 1.165) is 0 Å². The van der Waals surface area contributed by atoms with Gasteiger partial charge in [-0.1, -0.05) is 25.4 Å². The third-order valence-corrected chi connectivity index (χ3v) is 3.07. The number of carbonyl (C=O) groups excluding carboxylic acids is 1. The highest BCUT2D eigenvalue weighted by Crippen LogP contribution is 2.37. The molecule has 0 radical (unpaired) electrons. The van der Waals surface area contributed by atoms with Crippen LogP contribution in [0, 0.1) is 5.41 Å². The number of ether oxygens (including phenoxy) is 2. The van der Waals surface area contributed by atoms with E-state index in [2.05, 4.69) is 0 Å². The molecule has 1 aliphatic rings. The summed E-state index contributed by atoms with van der Waals surface area (Å²) in [6.07, 6.45) is 0. The molecule has 0 amide bonds. The number of carbonyl (C=O) groups is 1. The molecule has 0 spiro atoms. The first-order valence-corrected chi connectivity index (χ1v) is 6.13. The second-order valence-corrected chi connectivity index (χ2v) is 5.55. The quantitative estimate of drug-likeness (QED) is 0.837. The number of fused-ring (bicyclic) bond motifs is 1. The van der Waals surface area contributed by atoms with E-state index in [1.807, 2.05) is 13.8 Å². The van der Waals surface area contributed by atoms with E-state index >= 15 is 0 Å². The standard InChI is InChI=1S/C13H16ClNO3/c1-13(2)6-17-11-3-8(10(16)5-15)9(14)4-12(11)18-7-13/h3-4H,5-7,15H2,1-2H3. The molecule has 1 heterocycles. The first-order valence-electron chi connectivity index (χ1n) is 5.75. The van der Waals surface area contributed by atoms with Gasteiger partial charge in [-0.2, -0.15) is 0 Å². The molecule has 18 heavy (non-hydrogen) atoms. The van der Waals surface area contributed by atoms with Crippen molar-refractivity contribution in [3.8, 4) is 11.5 Å². The van der Waals surface area contributed by atoms with E-state index in [9.17, 15) is 4.79 Å². The van der Waals surface area contributed by atoms with Gasteiger partial charge in [-0.3, -0.25) is 4.79 Å². The molecule has 0 atom stereocenters. The molecule has 0 saturated heterocycles. The van der Waals surface area contributed by atoms with E-state index in [0.29, 0.717) is 35.3 Å². The maximum absolute atomic E-state index is 11.6. The van der Waals surface area contributed by atoms with Crippen molar-refractivity contribution in [2.75, 3.05) is 19.8 Å². The van der Waals surface area contributed by atoms with Crippen LogP contribution in [0.4, 0.5) is 0 Å². The fourth-order valence-electron chi connectivity index (χ4n) is 1.67. The van der Waals surface area contributed by atoms with Crippen LogP contribution in [-0.4, -0.2) is 25.5 Å². The first-order chi connectivity index (χ1) is 8.43.